The first-order chi connectivity index (χ1) is 10.1. The average Bonchev–Trinajstić information content (AvgIpc) is 3.14. The number of nitrogens with zero attached hydrogens (tertiary/aromatic N) is 3. The average molecular weight is 307 g/mol. The molecule has 0 saturated heterocycles. The predicted octanol–water partition coefficient (Wildman–Crippen LogP) is 2.31. The standard InChI is InChI=1S/C16H25N3O3/c1-10(15(21)22)9-18(5)14(20)12-8-13(11-6-7-11)19(17-12)16(2,3)4/h8,10-11H,6-7,9H2,1-5H3,(H,21,22). The molecule has 1 aliphatic carbocycles. The zero-order chi connectivity index (χ0) is 16.7. The summed E-state index contributed by atoms with van der Waals surface area (Å²) in [5, 5.41) is 13.5. The van der Waals surface area contributed by atoms with Crippen LogP contribution in [0.15, 0.2) is 6.07 Å². The fourth-order valence-corrected chi connectivity index (χ4v) is 2.47. The van der Waals surface area contributed by atoms with E-state index in [2.05, 4.69) is 25.9 Å². The molecule has 1 aliphatic rings. The second-order valence-corrected chi connectivity index (χ2v) is 7.24. The van der Waals surface area contributed by atoms with E-state index in [9.17, 15) is 9.59 Å². The van der Waals surface area contributed by atoms with Gasteiger partial charge in [-0.25, -0.2) is 0 Å². The van der Waals surface area contributed by atoms with Crippen molar-refractivity contribution in [3.05, 3.63) is 17.5 Å². The van der Waals surface area contributed by atoms with Crippen molar-refractivity contribution < 1.29 is 14.7 Å². The lowest BCUT2D eigenvalue weighted by atomic mass is 10.1. The molecule has 6 heteroatoms. The van der Waals surface area contributed by atoms with E-state index in [1.165, 1.54) is 4.90 Å². The number of amides is 1. The van der Waals surface area contributed by atoms with Crippen molar-refractivity contribution in [3.63, 3.8) is 0 Å². The second-order valence-electron chi connectivity index (χ2n) is 7.24. The van der Waals surface area contributed by atoms with Crippen LogP contribution < -0.4 is 0 Å². The van der Waals surface area contributed by atoms with E-state index in [1.54, 1.807) is 14.0 Å². The first-order valence-electron chi connectivity index (χ1n) is 7.70. The Morgan fingerprint density at radius 2 is 2.05 bits per heavy atom. The van der Waals surface area contributed by atoms with Gasteiger partial charge in [0, 0.05) is 25.2 Å². The molecular weight excluding hydrogens is 282 g/mol. The fourth-order valence-electron chi connectivity index (χ4n) is 2.47. The van der Waals surface area contributed by atoms with Crippen LogP contribution in [0.25, 0.3) is 0 Å². The lowest BCUT2D eigenvalue weighted by Gasteiger charge is -2.22. The maximum atomic E-state index is 12.5. The lowest BCUT2D eigenvalue weighted by Crippen LogP contribution is -2.34. The van der Waals surface area contributed by atoms with Crippen LogP contribution >= 0.6 is 0 Å². The number of aliphatic carboxylic acids is 1. The summed E-state index contributed by atoms with van der Waals surface area (Å²) < 4.78 is 1.94. The third-order valence-corrected chi connectivity index (χ3v) is 3.90. The van der Waals surface area contributed by atoms with Gasteiger partial charge < -0.3 is 10.0 Å². The lowest BCUT2D eigenvalue weighted by molar-refractivity contribution is -0.141. The van der Waals surface area contributed by atoms with Crippen LogP contribution in [0.5, 0.6) is 0 Å². The fraction of sp³-hybridized carbons (Fsp3) is 0.688. The van der Waals surface area contributed by atoms with Gasteiger partial charge in [0.25, 0.3) is 5.91 Å². The quantitative estimate of drug-likeness (QED) is 0.905. The predicted molar refractivity (Wildman–Crippen MR) is 83.0 cm³/mol. The monoisotopic (exact) mass is 307 g/mol. The maximum Gasteiger partial charge on any atom is 0.308 e. The first-order valence-corrected chi connectivity index (χ1v) is 7.70. The summed E-state index contributed by atoms with van der Waals surface area (Å²) in [6, 6.07) is 1.87. The Balaban J connectivity index is 2.21. The molecule has 1 heterocycles. The van der Waals surface area contributed by atoms with Gasteiger partial charge in [0.1, 0.15) is 0 Å². The van der Waals surface area contributed by atoms with E-state index in [-0.39, 0.29) is 18.0 Å². The Morgan fingerprint density at radius 1 is 1.45 bits per heavy atom. The normalized spacial score (nSPS) is 16.4. The molecule has 1 aromatic rings. The molecule has 0 radical (unpaired) electrons. The topological polar surface area (TPSA) is 75.4 Å². The van der Waals surface area contributed by atoms with Gasteiger partial charge in [-0.2, -0.15) is 5.10 Å². The van der Waals surface area contributed by atoms with Gasteiger partial charge in [-0.3, -0.25) is 14.3 Å². The third-order valence-electron chi connectivity index (χ3n) is 3.90. The Kier molecular flexibility index (Phi) is 4.31. The highest BCUT2D eigenvalue weighted by atomic mass is 16.4. The third kappa shape index (κ3) is 3.48. The number of aromatic nitrogens is 2. The highest BCUT2D eigenvalue weighted by Crippen LogP contribution is 2.41. The Bertz CT molecular complexity index is 582. The number of hydrogen-bond donors (Lipinski definition) is 1. The SMILES string of the molecule is CC(CN(C)C(=O)c1cc(C2CC2)n(C(C)(C)C)n1)C(=O)O. The number of carboxylic acid groups (broad SMARTS) is 1. The maximum absolute atomic E-state index is 12.5. The minimum absolute atomic E-state index is 0.176. The molecule has 1 fully saturated rings. The van der Waals surface area contributed by atoms with Gasteiger partial charge in [-0.15, -0.1) is 0 Å². The molecule has 1 atom stereocenters. The van der Waals surface area contributed by atoms with E-state index >= 15 is 0 Å². The van der Waals surface area contributed by atoms with Crippen molar-refractivity contribution in [3.8, 4) is 0 Å². The summed E-state index contributed by atoms with van der Waals surface area (Å²) in [5.41, 5.74) is 1.33. The van der Waals surface area contributed by atoms with Crippen LogP contribution in [-0.4, -0.2) is 45.3 Å². The van der Waals surface area contributed by atoms with Crippen LogP contribution in [0.3, 0.4) is 0 Å². The summed E-state index contributed by atoms with van der Waals surface area (Å²) >= 11 is 0. The van der Waals surface area contributed by atoms with E-state index in [0.717, 1.165) is 18.5 Å². The molecule has 6 nitrogen and oxygen atoms in total. The Morgan fingerprint density at radius 3 is 2.50 bits per heavy atom. The molecule has 0 spiro atoms. The molecule has 1 aromatic heterocycles. The largest absolute Gasteiger partial charge is 0.481 e. The number of carboxylic acids is 1. The van der Waals surface area contributed by atoms with Crippen molar-refractivity contribution in [2.75, 3.05) is 13.6 Å². The van der Waals surface area contributed by atoms with E-state index in [4.69, 9.17) is 5.11 Å². The Labute approximate surface area is 131 Å². The smallest absolute Gasteiger partial charge is 0.308 e. The highest BCUT2D eigenvalue weighted by molar-refractivity contribution is 5.92. The van der Waals surface area contributed by atoms with Crippen molar-refractivity contribution in [1.82, 2.24) is 14.7 Å². The minimum atomic E-state index is -0.904. The number of carbonyl (C=O) groups excluding carboxylic acids is 1. The molecule has 2 rings (SSSR count). The molecule has 122 valence electrons. The summed E-state index contributed by atoms with van der Waals surface area (Å²) in [6.45, 7) is 7.97. The van der Waals surface area contributed by atoms with Crippen LogP contribution in [0.1, 0.15) is 62.6 Å². The van der Waals surface area contributed by atoms with Crippen LogP contribution in [0, 0.1) is 5.92 Å². The van der Waals surface area contributed by atoms with Gasteiger partial charge in [-0.1, -0.05) is 6.92 Å². The van der Waals surface area contributed by atoms with Gasteiger partial charge in [0.15, 0.2) is 5.69 Å². The molecular formula is C16H25N3O3. The summed E-state index contributed by atoms with van der Waals surface area (Å²) in [5.74, 6) is -1.23. The van der Waals surface area contributed by atoms with Gasteiger partial charge in [0.05, 0.1) is 11.5 Å². The zero-order valence-corrected chi connectivity index (χ0v) is 14.0. The van der Waals surface area contributed by atoms with Gasteiger partial charge >= 0.3 is 5.97 Å². The molecule has 0 aliphatic heterocycles. The van der Waals surface area contributed by atoms with Crippen molar-refractivity contribution in [1.29, 1.82) is 0 Å². The first kappa shape index (κ1) is 16.5. The van der Waals surface area contributed by atoms with Crippen LogP contribution in [0.4, 0.5) is 0 Å². The van der Waals surface area contributed by atoms with Crippen molar-refractivity contribution in [2.24, 2.45) is 5.92 Å². The Hall–Kier alpha value is -1.85. The van der Waals surface area contributed by atoms with Crippen LogP contribution in [0.2, 0.25) is 0 Å². The molecule has 1 N–H and O–H groups in total. The van der Waals surface area contributed by atoms with E-state index in [1.807, 2.05) is 10.7 Å². The molecule has 1 unspecified atom stereocenters. The minimum Gasteiger partial charge on any atom is -0.481 e. The molecule has 0 bridgehead atoms. The summed E-state index contributed by atoms with van der Waals surface area (Å²) in [4.78, 5) is 24.9. The molecule has 1 amide bonds. The highest BCUT2D eigenvalue weighted by Gasteiger charge is 2.33. The molecule has 1 saturated carbocycles. The van der Waals surface area contributed by atoms with Gasteiger partial charge in [0.2, 0.25) is 0 Å². The van der Waals surface area contributed by atoms with E-state index in [0.29, 0.717) is 11.6 Å². The van der Waals surface area contributed by atoms with Crippen molar-refractivity contribution >= 4 is 11.9 Å². The molecule has 22 heavy (non-hydrogen) atoms. The molecule has 0 aromatic carbocycles. The zero-order valence-electron chi connectivity index (χ0n) is 14.0. The summed E-state index contributed by atoms with van der Waals surface area (Å²) in [6.07, 6.45) is 2.28. The van der Waals surface area contributed by atoms with Crippen LogP contribution in [-0.2, 0) is 10.3 Å². The van der Waals surface area contributed by atoms with Crippen molar-refractivity contribution in [2.45, 2.75) is 52.0 Å². The number of carbonyl (C=O) groups is 2. The number of rotatable bonds is 5. The number of hydrogen-bond acceptors (Lipinski definition) is 3. The van der Waals surface area contributed by atoms with E-state index < -0.39 is 11.9 Å². The van der Waals surface area contributed by atoms with Gasteiger partial charge in [-0.05, 0) is 39.7 Å². The second kappa shape index (κ2) is 5.74. The summed E-state index contributed by atoms with van der Waals surface area (Å²) in [7, 11) is 1.62.